The van der Waals surface area contributed by atoms with Crippen LogP contribution in [0.4, 0.5) is 4.39 Å². The second-order valence-corrected chi connectivity index (χ2v) is 6.96. The maximum Gasteiger partial charge on any atom is 0.252 e. The quantitative estimate of drug-likeness (QED) is 0.886. The zero-order valence-corrected chi connectivity index (χ0v) is 14.4. The van der Waals surface area contributed by atoms with Gasteiger partial charge in [0.05, 0.1) is 5.02 Å². The van der Waals surface area contributed by atoms with Crippen LogP contribution in [0.15, 0.2) is 41.3 Å². The largest absolute Gasteiger partial charge is 0.327 e. The number of halogens is 2. The van der Waals surface area contributed by atoms with E-state index >= 15 is 0 Å². The molecule has 1 aromatic carbocycles. The van der Waals surface area contributed by atoms with Crippen molar-refractivity contribution in [2.24, 2.45) is 5.92 Å². The molecule has 1 N–H and O–H groups in total. The standard InChI is InChI=1S/C19H22ClFN2O/c20-17-11-16(19(24)22-12-17)13-23-9-7-14(8-10-23)5-6-15-3-1-2-4-18(15)21/h1-4,11-12,14H,5-10,13H2,(H,22,24). The zero-order valence-electron chi connectivity index (χ0n) is 13.6. The Labute approximate surface area is 146 Å². The molecule has 0 saturated carbocycles. The van der Waals surface area contributed by atoms with Crippen LogP contribution in [-0.2, 0) is 13.0 Å². The minimum absolute atomic E-state index is 0.0684. The zero-order chi connectivity index (χ0) is 16.9. The van der Waals surface area contributed by atoms with Gasteiger partial charge in [0.1, 0.15) is 5.82 Å². The van der Waals surface area contributed by atoms with Gasteiger partial charge in [-0.3, -0.25) is 9.69 Å². The number of nitrogens with zero attached hydrogens (tertiary/aromatic N) is 1. The van der Waals surface area contributed by atoms with E-state index in [1.54, 1.807) is 12.1 Å². The van der Waals surface area contributed by atoms with Crippen molar-refractivity contribution in [1.29, 1.82) is 0 Å². The Bertz CT molecular complexity index is 738. The summed E-state index contributed by atoms with van der Waals surface area (Å²) in [5.41, 5.74) is 1.46. The molecule has 0 aliphatic carbocycles. The smallest absolute Gasteiger partial charge is 0.252 e. The summed E-state index contributed by atoms with van der Waals surface area (Å²) in [6.07, 6.45) is 5.51. The molecule has 1 aromatic heterocycles. The molecule has 5 heteroatoms. The van der Waals surface area contributed by atoms with Gasteiger partial charge in [0.15, 0.2) is 0 Å². The summed E-state index contributed by atoms with van der Waals surface area (Å²) in [6, 6.07) is 8.76. The molecule has 1 saturated heterocycles. The number of aryl methyl sites for hydroxylation is 1. The fraction of sp³-hybridized carbons (Fsp3) is 0.421. The Morgan fingerprint density at radius 3 is 2.71 bits per heavy atom. The Kier molecular flexibility index (Phi) is 5.69. The number of hydrogen-bond acceptors (Lipinski definition) is 2. The van der Waals surface area contributed by atoms with Crippen LogP contribution >= 0.6 is 11.6 Å². The fourth-order valence-corrected chi connectivity index (χ4v) is 3.54. The van der Waals surface area contributed by atoms with Crippen LogP contribution in [0.5, 0.6) is 0 Å². The lowest BCUT2D eigenvalue weighted by atomic mass is 9.90. The van der Waals surface area contributed by atoms with Gasteiger partial charge in [-0.15, -0.1) is 0 Å². The lowest BCUT2D eigenvalue weighted by molar-refractivity contribution is 0.172. The first-order valence-corrected chi connectivity index (χ1v) is 8.82. The van der Waals surface area contributed by atoms with Crippen LogP contribution < -0.4 is 5.56 Å². The van der Waals surface area contributed by atoms with E-state index in [0.717, 1.165) is 44.3 Å². The predicted octanol–water partition coefficient (Wildman–Crippen LogP) is 4.01. The third kappa shape index (κ3) is 4.46. The highest BCUT2D eigenvalue weighted by molar-refractivity contribution is 6.30. The fourth-order valence-electron chi connectivity index (χ4n) is 3.35. The van der Waals surface area contributed by atoms with Gasteiger partial charge in [0.25, 0.3) is 5.56 Å². The van der Waals surface area contributed by atoms with E-state index in [-0.39, 0.29) is 11.4 Å². The van der Waals surface area contributed by atoms with E-state index in [4.69, 9.17) is 11.6 Å². The van der Waals surface area contributed by atoms with Crippen molar-refractivity contribution in [3.8, 4) is 0 Å². The highest BCUT2D eigenvalue weighted by atomic mass is 35.5. The molecule has 0 atom stereocenters. The first-order chi connectivity index (χ1) is 11.6. The van der Waals surface area contributed by atoms with Crippen molar-refractivity contribution in [2.45, 2.75) is 32.2 Å². The molecule has 2 heterocycles. The van der Waals surface area contributed by atoms with Crippen molar-refractivity contribution >= 4 is 11.6 Å². The van der Waals surface area contributed by atoms with Crippen LogP contribution in [0, 0.1) is 11.7 Å². The third-order valence-corrected chi connectivity index (χ3v) is 5.04. The Hall–Kier alpha value is -1.65. The number of benzene rings is 1. The van der Waals surface area contributed by atoms with Crippen LogP contribution in [0.25, 0.3) is 0 Å². The summed E-state index contributed by atoms with van der Waals surface area (Å²) in [6.45, 7) is 2.57. The van der Waals surface area contributed by atoms with E-state index < -0.39 is 0 Å². The molecule has 0 bridgehead atoms. The van der Waals surface area contributed by atoms with Gasteiger partial charge < -0.3 is 4.98 Å². The number of hydrogen-bond donors (Lipinski definition) is 1. The Morgan fingerprint density at radius 1 is 1.21 bits per heavy atom. The van der Waals surface area contributed by atoms with Crippen molar-refractivity contribution in [2.75, 3.05) is 13.1 Å². The van der Waals surface area contributed by atoms with Crippen LogP contribution in [0.1, 0.15) is 30.4 Å². The van der Waals surface area contributed by atoms with E-state index in [0.29, 0.717) is 23.0 Å². The molecule has 1 aliphatic heterocycles. The van der Waals surface area contributed by atoms with Gasteiger partial charge >= 0.3 is 0 Å². The molecule has 0 amide bonds. The maximum atomic E-state index is 13.7. The lowest BCUT2D eigenvalue weighted by Gasteiger charge is -2.31. The number of nitrogens with one attached hydrogen (secondary N) is 1. The number of rotatable bonds is 5. The van der Waals surface area contributed by atoms with E-state index in [9.17, 15) is 9.18 Å². The lowest BCUT2D eigenvalue weighted by Crippen LogP contribution is -2.35. The number of piperidine rings is 1. The molecule has 128 valence electrons. The average Bonchev–Trinajstić information content (AvgIpc) is 2.59. The minimum Gasteiger partial charge on any atom is -0.327 e. The van der Waals surface area contributed by atoms with E-state index in [2.05, 4.69) is 9.88 Å². The Morgan fingerprint density at radius 2 is 1.96 bits per heavy atom. The van der Waals surface area contributed by atoms with Crippen LogP contribution in [-0.4, -0.2) is 23.0 Å². The topological polar surface area (TPSA) is 36.1 Å². The number of H-pyrrole nitrogens is 1. The SMILES string of the molecule is O=c1[nH]cc(Cl)cc1CN1CCC(CCc2ccccc2F)CC1. The van der Waals surface area contributed by atoms with Crippen molar-refractivity contribution in [3.05, 3.63) is 68.8 Å². The molecule has 3 rings (SSSR count). The molecule has 24 heavy (non-hydrogen) atoms. The summed E-state index contributed by atoms with van der Waals surface area (Å²) in [5, 5.41) is 0.560. The number of likely N-dealkylation sites (tertiary alicyclic amines) is 1. The number of pyridine rings is 1. The van der Waals surface area contributed by atoms with Gasteiger partial charge in [-0.1, -0.05) is 29.8 Å². The summed E-state index contributed by atoms with van der Waals surface area (Å²) < 4.78 is 13.7. The molecule has 2 aromatic rings. The summed E-state index contributed by atoms with van der Waals surface area (Å²) >= 11 is 5.95. The number of aromatic amines is 1. The Balaban J connectivity index is 1.48. The monoisotopic (exact) mass is 348 g/mol. The molecule has 0 unspecified atom stereocenters. The first kappa shape index (κ1) is 17.2. The molecule has 3 nitrogen and oxygen atoms in total. The second-order valence-electron chi connectivity index (χ2n) is 6.52. The molecular weight excluding hydrogens is 327 g/mol. The average molecular weight is 349 g/mol. The molecule has 1 fully saturated rings. The van der Waals surface area contributed by atoms with Gasteiger partial charge in [0.2, 0.25) is 0 Å². The van der Waals surface area contributed by atoms with Crippen molar-refractivity contribution in [3.63, 3.8) is 0 Å². The van der Waals surface area contributed by atoms with Gasteiger partial charge in [-0.2, -0.15) is 0 Å². The highest BCUT2D eigenvalue weighted by Gasteiger charge is 2.20. The van der Waals surface area contributed by atoms with Crippen molar-refractivity contribution in [1.82, 2.24) is 9.88 Å². The third-order valence-electron chi connectivity index (χ3n) is 4.83. The summed E-state index contributed by atoms with van der Waals surface area (Å²) in [7, 11) is 0. The molecule has 0 spiro atoms. The van der Waals surface area contributed by atoms with Crippen LogP contribution in [0.3, 0.4) is 0 Å². The maximum absolute atomic E-state index is 13.7. The van der Waals surface area contributed by atoms with Gasteiger partial charge in [-0.25, -0.2) is 4.39 Å². The second kappa shape index (κ2) is 7.95. The van der Waals surface area contributed by atoms with Gasteiger partial charge in [-0.05, 0) is 62.4 Å². The minimum atomic E-state index is -0.102. The normalized spacial score (nSPS) is 16.4. The van der Waals surface area contributed by atoms with E-state index in [1.165, 1.54) is 12.3 Å². The van der Waals surface area contributed by atoms with Gasteiger partial charge in [0, 0.05) is 18.3 Å². The first-order valence-electron chi connectivity index (χ1n) is 8.44. The van der Waals surface area contributed by atoms with Crippen LogP contribution in [0.2, 0.25) is 5.02 Å². The summed E-state index contributed by atoms with van der Waals surface area (Å²) in [4.78, 5) is 16.8. The van der Waals surface area contributed by atoms with Crippen molar-refractivity contribution < 1.29 is 4.39 Å². The predicted molar refractivity (Wildman–Crippen MR) is 94.8 cm³/mol. The highest BCUT2D eigenvalue weighted by Crippen LogP contribution is 2.24. The summed E-state index contributed by atoms with van der Waals surface area (Å²) in [5.74, 6) is 0.522. The molecule has 0 radical (unpaired) electrons. The van der Waals surface area contributed by atoms with E-state index in [1.807, 2.05) is 12.1 Å². The molecular formula is C19H22ClFN2O. The molecule has 1 aliphatic rings. The number of aromatic nitrogens is 1.